The molecular weight excluding hydrogens is 306 g/mol. The third-order valence-corrected chi connectivity index (χ3v) is 5.94. The van der Waals surface area contributed by atoms with Crippen LogP contribution >= 0.6 is 11.3 Å². The third kappa shape index (κ3) is 3.26. The molecule has 1 aromatic rings. The monoisotopic (exact) mass is 321 g/mol. The van der Waals surface area contributed by atoms with Crippen molar-refractivity contribution in [3.63, 3.8) is 0 Å². The van der Waals surface area contributed by atoms with Crippen LogP contribution in [0.5, 0.6) is 0 Å². The van der Waals surface area contributed by atoms with Crippen LogP contribution in [0, 0.1) is 10.1 Å². The molecule has 10 heteroatoms. The Labute approximate surface area is 120 Å². The van der Waals surface area contributed by atoms with Crippen molar-refractivity contribution in [2.45, 2.75) is 23.2 Å². The molecule has 1 fully saturated rings. The Kier molecular flexibility index (Phi) is 4.58. The molecule has 112 valence electrons. The molecule has 0 spiro atoms. The number of rotatable bonds is 6. The second-order valence-corrected chi connectivity index (χ2v) is 7.32. The molecule has 2 heterocycles. The molecule has 0 saturated carbocycles. The molecule has 8 nitrogen and oxygen atoms in total. The maximum absolute atomic E-state index is 12.1. The number of anilines is 1. The molecule has 2 N–H and O–H groups in total. The van der Waals surface area contributed by atoms with Crippen LogP contribution in [-0.2, 0) is 14.8 Å². The van der Waals surface area contributed by atoms with Gasteiger partial charge < -0.3 is 10.1 Å². The summed E-state index contributed by atoms with van der Waals surface area (Å²) in [5.41, 5.74) is -0.241. The molecule has 1 aromatic heterocycles. The third-order valence-electron chi connectivity index (χ3n) is 2.90. The van der Waals surface area contributed by atoms with Crippen LogP contribution in [0.25, 0.3) is 0 Å². The number of ether oxygens (including phenoxy) is 1. The molecule has 1 aliphatic rings. The highest BCUT2D eigenvalue weighted by Crippen LogP contribution is 2.36. The predicted octanol–water partition coefficient (Wildman–Crippen LogP) is 1.16. The standard InChI is InChI=1S/C10H15N3O5S2/c1-11-10-8(13(14)15)5-9(19-10)20(16,17)12-6-7-3-2-4-18-7/h5,7,11-12H,2-4,6H2,1H3. The molecule has 1 aliphatic heterocycles. The van der Waals surface area contributed by atoms with Gasteiger partial charge in [-0.15, -0.1) is 0 Å². The smallest absolute Gasteiger partial charge is 0.304 e. The van der Waals surface area contributed by atoms with E-state index < -0.39 is 14.9 Å². The zero-order chi connectivity index (χ0) is 14.8. The topological polar surface area (TPSA) is 111 Å². The van der Waals surface area contributed by atoms with Crippen molar-refractivity contribution >= 4 is 32.0 Å². The summed E-state index contributed by atoms with van der Waals surface area (Å²) < 4.78 is 31.9. The van der Waals surface area contributed by atoms with Crippen LogP contribution in [0.2, 0.25) is 0 Å². The second-order valence-electron chi connectivity index (χ2n) is 4.27. The van der Waals surface area contributed by atoms with Gasteiger partial charge in [-0.05, 0) is 12.8 Å². The molecule has 1 saturated heterocycles. The molecule has 0 amide bonds. The summed E-state index contributed by atoms with van der Waals surface area (Å²) in [5, 5.41) is 13.7. The van der Waals surface area contributed by atoms with Gasteiger partial charge in [0.15, 0.2) is 5.00 Å². The minimum atomic E-state index is -3.75. The Morgan fingerprint density at radius 3 is 2.85 bits per heavy atom. The maximum atomic E-state index is 12.1. The highest BCUT2D eigenvalue weighted by Gasteiger charge is 2.26. The van der Waals surface area contributed by atoms with Crippen LogP contribution < -0.4 is 10.0 Å². The van der Waals surface area contributed by atoms with E-state index in [-0.39, 0.29) is 27.5 Å². The molecule has 1 atom stereocenters. The average molecular weight is 321 g/mol. The van der Waals surface area contributed by atoms with Gasteiger partial charge in [0.05, 0.1) is 11.0 Å². The zero-order valence-electron chi connectivity index (χ0n) is 10.8. The van der Waals surface area contributed by atoms with E-state index in [1.165, 1.54) is 7.05 Å². The van der Waals surface area contributed by atoms with E-state index in [9.17, 15) is 18.5 Å². The quantitative estimate of drug-likeness (QED) is 0.601. The first kappa shape index (κ1) is 15.2. The summed E-state index contributed by atoms with van der Waals surface area (Å²) in [7, 11) is -2.24. The van der Waals surface area contributed by atoms with Crippen molar-refractivity contribution in [3.05, 3.63) is 16.2 Å². The summed E-state index contributed by atoms with van der Waals surface area (Å²) in [4.78, 5) is 10.2. The Morgan fingerprint density at radius 1 is 1.60 bits per heavy atom. The lowest BCUT2D eigenvalue weighted by molar-refractivity contribution is -0.383. The Morgan fingerprint density at radius 2 is 2.35 bits per heavy atom. The lowest BCUT2D eigenvalue weighted by Gasteiger charge is -2.09. The molecule has 0 bridgehead atoms. The molecule has 0 radical (unpaired) electrons. The molecule has 2 rings (SSSR count). The van der Waals surface area contributed by atoms with Gasteiger partial charge in [-0.3, -0.25) is 10.1 Å². The molecular formula is C10H15N3O5S2. The van der Waals surface area contributed by atoms with Crippen molar-refractivity contribution in [3.8, 4) is 0 Å². The van der Waals surface area contributed by atoms with Crippen LogP contribution in [0.4, 0.5) is 10.7 Å². The van der Waals surface area contributed by atoms with Crippen molar-refractivity contribution in [2.75, 3.05) is 25.5 Å². The van der Waals surface area contributed by atoms with E-state index >= 15 is 0 Å². The van der Waals surface area contributed by atoms with Crippen molar-refractivity contribution in [1.29, 1.82) is 0 Å². The maximum Gasteiger partial charge on any atom is 0.304 e. The summed E-state index contributed by atoms with van der Waals surface area (Å²) in [5.74, 6) is 0. The van der Waals surface area contributed by atoms with Gasteiger partial charge in [-0.2, -0.15) is 0 Å². The summed E-state index contributed by atoms with van der Waals surface area (Å²) in [6.45, 7) is 0.823. The number of hydrogen-bond acceptors (Lipinski definition) is 7. The largest absolute Gasteiger partial charge is 0.377 e. The normalized spacial score (nSPS) is 19.1. The predicted molar refractivity (Wildman–Crippen MR) is 74.7 cm³/mol. The molecule has 0 aliphatic carbocycles. The number of nitro groups is 1. The van der Waals surface area contributed by atoms with Gasteiger partial charge in [-0.1, -0.05) is 11.3 Å². The van der Waals surface area contributed by atoms with Gasteiger partial charge in [0.25, 0.3) is 0 Å². The Bertz CT molecular complexity index is 592. The summed E-state index contributed by atoms with van der Waals surface area (Å²) >= 11 is 0.833. The minimum Gasteiger partial charge on any atom is -0.377 e. The fourth-order valence-corrected chi connectivity index (χ4v) is 4.28. The van der Waals surface area contributed by atoms with Crippen molar-refractivity contribution in [2.24, 2.45) is 0 Å². The summed E-state index contributed by atoms with van der Waals surface area (Å²) in [6.07, 6.45) is 1.61. The van der Waals surface area contributed by atoms with Crippen LogP contribution in [0.3, 0.4) is 0 Å². The Hall–Kier alpha value is -1.23. The van der Waals surface area contributed by atoms with Gasteiger partial charge in [0.1, 0.15) is 4.21 Å². The summed E-state index contributed by atoms with van der Waals surface area (Å²) in [6, 6.07) is 1.06. The van der Waals surface area contributed by atoms with Crippen LogP contribution in [-0.4, -0.2) is 39.6 Å². The first-order valence-corrected chi connectivity index (χ1v) is 8.31. The lowest BCUT2D eigenvalue weighted by atomic mass is 10.2. The molecule has 20 heavy (non-hydrogen) atoms. The van der Waals surface area contributed by atoms with E-state index in [2.05, 4.69) is 10.0 Å². The van der Waals surface area contributed by atoms with Gasteiger partial charge >= 0.3 is 5.69 Å². The minimum absolute atomic E-state index is 0.0773. The van der Waals surface area contributed by atoms with Crippen molar-refractivity contribution < 1.29 is 18.1 Å². The van der Waals surface area contributed by atoms with Crippen LogP contribution in [0.1, 0.15) is 12.8 Å². The van der Waals surface area contributed by atoms with Crippen molar-refractivity contribution in [1.82, 2.24) is 4.72 Å². The van der Waals surface area contributed by atoms with Crippen LogP contribution in [0.15, 0.2) is 10.3 Å². The van der Waals surface area contributed by atoms with E-state index in [0.29, 0.717) is 6.61 Å². The fourth-order valence-electron chi connectivity index (χ4n) is 1.89. The Balaban J connectivity index is 2.14. The molecule has 0 aromatic carbocycles. The SMILES string of the molecule is CNc1sc(S(=O)(=O)NCC2CCCO2)cc1[N+](=O)[O-]. The molecule has 1 unspecified atom stereocenters. The lowest BCUT2D eigenvalue weighted by Crippen LogP contribution is -2.31. The van der Waals surface area contributed by atoms with E-state index in [1.54, 1.807) is 0 Å². The van der Waals surface area contributed by atoms with E-state index in [4.69, 9.17) is 4.74 Å². The number of hydrogen-bond donors (Lipinski definition) is 2. The average Bonchev–Trinajstić information content (AvgIpc) is 3.05. The van der Waals surface area contributed by atoms with Gasteiger partial charge in [-0.25, -0.2) is 13.1 Å². The van der Waals surface area contributed by atoms with Gasteiger partial charge in [0.2, 0.25) is 10.0 Å². The van der Waals surface area contributed by atoms with E-state index in [1.807, 2.05) is 0 Å². The highest BCUT2D eigenvalue weighted by molar-refractivity contribution is 7.91. The first-order chi connectivity index (χ1) is 9.44. The first-order valence-electron chi connectivity index (χ1n) is 6.01. The van der Waals surface area contributed by atoms with E-state index in [0.717, 1.165) is 30.2 Å². The number of nitrogens with one attached hydrogen (secondary N) is 2. The van der Waals surface area contributed by atoms with Gasteiger partial charge in [0, 0.05) is 26.3 Å². The second kappa shape index (κ2) is 6.04. The number of thiophene rings is 1. The highest BCUT2D eigenvalue weighted by atomic mass is 32.2. The number of nitrogens with zero attached hydrogens (tertiary/aromatic N) is 1. The zero-order valence-corrected chi connectivity index (χ0v) is 12.4. The number of sulfonamides is 1. The fraction of sp³-hybridized carbons (Fsp3) is 0.600.